The van der Waals surface area contributed by atoms with E-state index in [1.807, 2.05) is 5.43 Å². The number of nitrogens with zero attached hydrogens (tertiary/aromatic N) is 1. The molecule has 1 aromatic carbocycles. The highest BCUT2D eigenvalue weighted by atomic mass is 19.4. The van der Waals surface area contributed by atoms with Gasteiger partial charge in [0.15, 0.2) is 0 Å². The van der Waals surface area contributed by atoms with Gasteiger partial charge in [-0.05, 0) is 24.1 Å². The molecule has 0 spiro atoms. The fourth-order valence-corrected chi connectivity index (χ4v) is 1.20. The molecular weight excluding hydrogens is 235 g/mol. The molecule has 1 rings (SSSR count). The third-order valence-corrected chi connectivity index (χ3v) is 1.96. The normalized spacial score (nSPS) is 11.8. The van der Waals surface area contributed by atoms with Crippen LogP contribution in [0, 0.1) is 6.92 Å². The van der Waals surface area contributed by atoms with E-state index in [1.165, 1.54) is 19.1 Å². The Morgan fingerprint density at radius 3 is 2.65 bits per heavy atom. The molecule has 0 aliphatic rings. The minimum absolute atomic E-state index is 0.123. The lowest BCUT2D eigenvalue weighted by Crippen LogP contribution is -2.24. The summed E-state index contributed by atoms with van der Waals surface area (Å²) in [6, 6.07) is 2.84. The van der Waals surface area contributed by atoms with Crippen molar-refractivity contribution in [2.75, 3.05) is 0 Å². The number of carbonyl (C=O) groups excluding carboxylic acids is 1. The lowest BCUT2D eigenvalue weighted by molar-refractivity contribution is -0.138. The van der Waals surface area contributed by atoms with Crippen molar-refractivity contribution < 1.29 is 18.0 Å². The summed E-state index contributed by atoms with van der Waals surface area (Å²) in [5.41, 5.74) is 6.24. The van der Waals surface area contributed by atoms with Crippen molar-refractivity contribution in [3.05, 3.63) is 34.9 Å². The van der Waals surface area contributed by atoms with E-state index in [4.69, 9.17) is 5.73 Å². The highest BCUT2D eigenvalue weighted by Gasteiger charge is 2.32. The maximum absolute atomic E-state index is 12.5. The van der Waals surface area contributed by atoms with E-state index in [0.717, 1.165) is 12.3 Å². The average molecular weight is 245 g/mol. The maximum atomic E-state index is 12.5. The number of carbonyl (C=O) groups is 1. The largest absolute Gasteiger partial charge is 0.416 e. The molecule has 3 N–H and O–H groups in total. The molecule has 7 heteroatoms. The fraction of sp³-hybridized carbons (Fsp3) is 0.200. The molecule has 0 aliphatic heterocycles. The van der Waals surface area contributed by atoms with Crippen molar-refractivity contribution >= 4 is 12.2 Å². The van der Waals surface area contributed by atoms with E-state index >= 15 is 0 Å². The van der Waals surface area contributed by atoms with Crippen LogP contribution in [0.2, 0.25) is 0 Å². The van der Waals surface area contributed by atoms with Crippen LogP contribution in [0.4, 0.5) is 18.0 Å². The maximum Gasteiger partial charge on any atom is 0.416 e. The summed E-state index contributed by atoms with van der Waals surface area (Å²) in [4.78, 5) is 10.3. The number of primary amides is 1. The van der Waals surface area contributed by atoms with Crippen LogP contribution >= 0.6 is 0 Å². The van der Waals surface area contributed by atoms with E-state index in [9.17, 15) is 18.0 Å². The van der Waals surface area contributed by atoms with Crippen molar-refractivity contribution in [1.29, 1.82) is 0 Å². The Morgan fingerprint density at radius 1 is 1.47 bits per heavy atom. The summed E-state index contributed by atoms with van der Waals surface area (Å²) in [6.45, 7) is 1.37. The molecule has 2 amide bonds. The SMILES string of the molecule is Cc1ccc(C=NNC(N)=O)cc1C(F)(F)F. The Bertz CT molecular complexity index is 455. The molecule has 0 heterocycles. The number of hydrogen-bond acceptors (Lipinski definition) is 2. The summed E-state index contributed by atoms with van der Waals surface area (Å²) < 4.78 is 37.6. The van der Waals surface area contributed by atoms with Gasteiger partial charge < -0.3 is 5.73 Å². The van der Waals surface area contributed by atoms with Gasteiger partial charge in [-0.3, -0.25) is 0 Å². The predicted molar refractivity (Wildman–Crippen MR) is 56.5 cm³/mol. The summed E-state index contributed by atoms with van der Waals surface area (Å²) in [6.07, 6.45) is -3.33. The first kappa shape index (κ1) is 13.0. The zero-order valence-electron chi connectivity index (χ0n) is 8.88. The van der Waals surface area contributed by atoms with Gasteiger partial charge in [0.05, 0.1) is 11.8 Å². The van der Waals surface area contributed by atoms with Crippen molar-refractivity contribution in [2.24, 2.45) is 10.8 Å². The molecule has 0 aliphatic carbocycles. The Morgan fingerprint density at radius 2 is 2.12 bits per heavy atom. The number of nitrogens with two attached hydrogens (primary N) is 1. The molecule has 0 unspecified atom stereocenters. The Balaban J connectivity index is 2.97. The predicted octanol–water partition coefficient (Wildman–Crippen LogP) is 2.02. The van der Waals surface area contributed by atoms with E-state index in [1.54, 1.807) is 0 Å². The van der Waals surface area contributed by atoms with Crippen LogP contribution in [-0.2, 0) is 6.18 Å². The first-order chi connectivity index (χ1) is 7.80. The minimum Gasteiger partial charge on any atom is -0.350 e. The second-order valence-corrected chi connectivity index (χ2v) is 3.31. The van der Waals surface area contributed by atoms with Gasteiger partial charge in [-0.25, -0.2) is 10.2 Å². The molecule has 0 radical (unpaired) electrons. The number of amides is 2. The van der Waals surface area contributed by atoms with E-state index in [2.05, 4.69) is 5.10 Å². The molecule has 0 saturated heterocycles. The van der Waals surface area contributed by atoms with Crippen molar-refractivity contribution in [3.8, 4) is 0 Å². The van der Waals surface area contributed by atoms with Gasteiger partial charge in [-0.15, -0.1) is 0 Å². The minimum atomic E-state index is -4.41. The summed E-state index contributed by atoms with van der Waals surface area (Å²) >= 11 is 0. The van der Waals surface area contributed by atoms with Gasteiger partial charge in [0, 0.05) is 0 Å². The number of benzene rings is 1. The molecule has 0 bridgehead atoms. The second-order valence-electron chi connectivity index (χ2n) is 3.31. The molecular formula is C10H10F3N3O. The van der Waals surface area contributed by atoms with Gasteiger partial charge in [-0.1, -0.05) is 12.1 Å². The van der Waals surface area contributed by atoms with Crippen molar-refractivity contribution in [2.45, 2.75) is 13.1 Å². The molecule has 1 aromatic rings. The molecule has 92 valence electrons. The number of alkyl halides is 3. The number of nitrogens with one attached hydrogen (secondary N) is 1. The number of aryl methyl sites for hydroxylation is 1. The molecule has 0 fully saturated rings. The monoisotopic (exact) mass is 245 g/mol. The number of halogens is 3. The Hall–Kier alpha value is -2.05. The quantitative estimate of drug-likeness (QED) is 0.607. The van der Waals surface area contributed by atoms with Crippen LogP contribution in [0.3, 0.4) is 0 Å². The third-order valence-electron chi connectivity index (χ3n) is 1.96. The summed E-state index contributed by atoms with van der Waals surface area (Å²) in [5.74, 6) is 0. The molecule has 4 nitrogen and oxygen atoms in total. The van der Waals surface area contributed by atoms with Crippen LogP contribution in [0.25, 0.3) is 0 Å². The smallest absolute Gasteiger partial charge is 0.350 e. The standard InChI is InChI=1S/C10H10F3N3O/c1-6-2-3-7(5-15-16-9(14)17)4-8(6)10(11,12)13/h2-5H,1H3,(H3,14,16,17). The van der Waals surface area contributed by atoms with E-state index < -0.39 is 17.8 Å². The van der Waals surface area contributed by atoms with Crippen LogP contribution in [0.5, 0.6) is 0 Å². The molecule has 0 atom stereocenters. The Kier molecular flexibility index (Phi) is 3.72. The van der Waals surface area contributed by atoms with Crippen LogP contribution in [0.1, 0.15) is 16.7 Å². The van der Waals surface area contributed by atoms with E-state index in [-0.39, 0.29) is 11.1 Å². The number of urea groups is 1. The first-order valence-corrected chi connectivity index (χ1v) is 4.57. The van der Waals surface area contributed by atoms with Crippen LogP contribution in [-0.4, -0.2) is 12.2 Å². The fourth-order valence-electron chi connectivity index (χ4n) is 1.20. The van der Waals surface area contributed by atoms with Gasteiger partial charge >= 0.3 is 12.2 Å². The van der Waals surface area contributed by atoms with E-state index in [0.29, 0.717) is 0 Å². The number of hydrogen-bond donors (Lipinski definition) is 2. The zero-order valence-corrected chi connectivity index (χ0v) is 8.88. The highest BCUT2D eigenvalue weighted by molar-refractivity contribution is 5.81. The molecule has 0 saturated carbocycles. The summed E-state index contributed by atoms with van der Waals surface area (Å²) in [5, 5.41) is 3.38. The number of rotatable bonds is 2. The highest BCUT2D eigenvalue weighted by Crippen LogP contribution is 2.31. The van der Waals surface area contributed by atoms with Crippen LogP contribution < -0.4 is 11.2 Å². The number of hydrazone groups is 1. The first-order valence-electron chi connectivity index (χ1n) is 4.57. The van der Waals surface area contributed by atoms with Crippen molar-refractivity contribution in [1.82, 2.24) is 5.43 Å². The zero-order chi connectivity index (χ0) is 13.1. The molecule has 0 aromatic heterocycles. The van der Waals surface area contributed by atoms with Gasteiger partial charge in [0.1, 0.15) is 0 Å². The van der Waals surface area contributed by atoms with Crippen molar-refractivity contribution in [3.63, 3.8) is 0 Å². The average Bonchev–Trinajstić information content (AvgIpc) is 2.18. The van der Waals surface area contributed by atoms with Gasteiger partial charge in [0.25, 0.3) is 0 Å². The second kappa shape index (κ2) is 4.86. The van der Waals surface area contributed by atoms with Crippen LogP contribution in [0.15, 0.2) is 23.3 Å². The third kappa shape index (κ3) is 3.78. The summed E-state index contributed by atoms with van der Waals surface area (Å²) in [7, 11) is 0. The van der Waals surface area contributed by atoms with Gasteiger partial charge in [-0.2, -0.15) is 18.3 Å². The molecule has 17 heavy (non-hydrogen) atoms. The Labute approximate surface area is 95.3 Å². The topological polar surface area (TPSA) is 67.5 Å². The lowest BCUT2D eigenvalue weighted by atomic mass is 10.1. The van der Waals surface area contributed by atoms with Gasteiger partial charge in [0.2, 0.25) is 0 Å². The lowest BCUT2D eigenvalue weighted by Gasteiger charge is -2.10.